The predicted octanol–water partition coefficient (Wildman–Crippen LogP) is 4.60. The molecule has 4 nitrogen and oxygen atoms in total. The van der Waals surface area contributed by atoms with E-state index >= 15 is 0 Å². The summed E-state index contributed by atoms with van der Waals surface area (Å²) in [7, 11) is 0. The van der Waals surface area contributed by atoms with Crippen molar-refractivity contribution in [2.75, 3.05) is 6.54 Å². The van der Waals surface area contributed by atoms with Crippen LogP contribution in [0.4, 0.5) is 4.79 Å². The molecule has 0 spiro atoms. The highest BCUT2D eigenvalue weighted by atomic mass is 35.5. The van der Waals surface area contributed by atoms with Gasteiger partial charge in [0.25, 0.3) is 0 Å². The van der Waals surface area contributed by atoms with Gasteiger partial charge in [0.05, 0.1) is 6.04 Å². The minimum absolute atomic E-state index is 0.0109. The third-order valence-corrected chi connectivity index (χ3v) is 4.30. The van der Waals surface area contributed by atoms with Crippen molar-refractivity contribution in [3.8, 4) is 0 Å². The van der Waals surface area contributed by atoms with E-state index < -0.39 is 0 Å². The van der Waals surface area contributed by atoms with E-state index in [1.807, 2.05) is 36.4 Å². The van der Waals surface area contributed by atoms with Crippen LogP contribution in [-0.2, 0) is 11.3 Å². The van der Waals surface area contributed by atoms with Crippen LogP contribution in [0.5, 0.6) is 0 Å². The number of carbonyl (C=O) groups excluding carboxylic acids is 1. The Labute approximate surface area is 141 Å². The maximum atomic E-state index is 12.5. The van der Waals surface area contributed by atoms with Crippen LogP contribution in [0, 0.1) is 0 Å². The van der Waals surface area contributed by atoms with Crippen molar-refractivity contribution in [2.24, 2.45) is 0 Å². The van der Waals surface area contributed by atoms with Crippen molar-refractivity contribution in [1.29, 1.82) is 0 Å². The van der Waals surface area contributed by atoms with Crippen LogP contribution in [0.2, 0.25) is 5.15 Å². The van der Waals surface area contributed by atoms with Gasteiger partial charge >= 0.3 is 6.09 Å². The molecule has 1 saturated heterocycles. The Morgan fingerprint density at radius 1 is 1.22 bits per heavy atom. The molecule has 0 bridgehead atoms. The molecule has 0 radical (unpaired) electrons. The second-order valence-corrected chi connectivity index (χ2v) is 6.05. The van der Waals surface area contributed by atoms with E-state index in [0.717, 1.165) is 30.4 Å². The lowest BCUT2D eigenvalue weighted by Crippen LogP contribution is -2.38. The van der Waals surface area contributed by atoms with Crippen molar-refractivity contribution in [3.05, 3.63) is 64.9 Å². The van der Waals surface area contributed by atoms with Crippen molar-refractivity contribution < 1.29 is 9.53 Å². The standard InChI is InChI=1S/C18H19ClN2O2/c19-17-10-9-15(12-20-17)16-8-4-5-11-21(16)18(22)23-13-14-6-2-1-3-7-14/h1-3,6-7,9-10,12,16H,4-5,8,11,13H2. The van der Waals surface area contributed by atoms with E-state index in [2.05, 4.69) is 4.98 Å². The molecule has 23 heavy (non-hydrogen) atoms. The largest absolute Gasteiger partial charge is 0.445 e. The van der Waals surface area contributed by atoms with Gasteiger partial charge in [-0.3, -0.25) is 0 Å². The number of rotatable bonds is 3. The van der Waals surface area contributed by atoms with Gasteiger partial charge in [-0.1, -0.05) is 48.0 Å². The molecule has 2 aromatic rings. The molecule has 1 fully saturated rings. The van der Waals surface area contributed by atoms with E-state index in [9.17, 15) is 4.79 Å². The number of halogens is 1. The lowest BCUT2D eigenvalue weighted by atomic mass is 9.97. The van der Waals surface area contributed by atoms with Crippen LogP contribution in [0.3, 0.4) is 0 Å². The average molecular weight is 331 g/mol. The van der Waals surface area contributed by atoms with Crippen molar-refractivity contribution in [3.63, 3.8) is 0 Å². The first-order chi connectivity index (χ1) is 11.2. The Kier molecular flexibility index (Phi) is 5.13. The number of nitrogens with zero attached hydrogens (tertiary/aromatic N) is 2. The maximum Gasteiger partial charge on any atom is 0.410 e. The number of aromatic nitrogens is 1. The van der Waals surface area contributed by atoms with Gasteiger partial charge in [-0.2, -0.15) is 0 Å². The van der Waals surface area contributed by atoms with Gasteiger partial charge < -0.3 is 9.64 Å². The maximum absolute atomic E-state index is 12.5. The molecule has 0 N–H and O–H groups in total. The third kappa shape index (κ3) is 4.02. The number of carbonyl (C=O) groups is 1. The SMILES string of the molecule is O=C(OCc1ccccc1)N1CCCCC1c1ccc(Cl)nc1. The van der Waals surface area contributed by atoms with E-state index in [1.165, 1.54) is 0 Å². The minimum atomic E-state index is -0.270. The summed E-state index contributed by atoms with van der Waals surface area (Å²) in [5.41, 5.74) is 1.99. The molecule has 1 atom stereocenters. The van der Waals surface area contributed by atoms with Crippen molar-refractivity contribution >= 4 is 17.7 Å². The highest BCUT2D eigenvalue weighted by Crippen LogP contribution is 2.31. The van der Waals surface area contributed by atoms with Gasteiger partial charge in [0.2, 0.25) is 0 Å². The van der Waals surface area contributed by atoms with Crippen molar-refractivity contribution in [2.45, 2.75) is 31.9 Å². The minimum Gasteiger partial charge on any atom is -0.445 e. The fourth-order valence-electron chi connectivity index (χ4n) is 2.88. The molecular weight excluding hydrogens is 312 g/mol. The van der Waals surface area contributed by atoms with Gasteiger partial charge in [0.1, 0.15) is 11.8 Å². The molecule has 0 saturated carbocycles. The number of pyridine rings is 1. The predicted molar refractivity (Wildman–Crippen MR) is 89.2 cm³/mol. The number of ether oxygens (including phenoxy) is 1. The molecule has 1 aliphatic rings. The molecular formula is C18H19ClN2O2. The van der Waals surface area contributed by atoms with Crippen LogP contribution in [0.25, 0.3) is 0 Å². The third-order valence-electron chi connectivity index (χ3n) is 4.08. The molecule has 1 aromatic heterocycles. The van der Waals surface area contributed by atoms with Gasteiger partial charge in [-0.05, 0) is 36.5 Å². The number of hydrogen-bond acceptors (Lipinski definition) is 3. The molecule has 120 valence electrons. The smallest absolute Gasteiger partial charge is 0.410 e. The molecule has 3 rings (SSSR count). The van der Waals surface area contributed by atoms with Gasteiger partial charge in [0.15, 0.2) is 0 Å². The summed E-state index contributed by atoms with van der Waals surface area (Å²) < 4.78 is 5.48. The summed E-state index contributed by atoms with van der Waals surface area (Å²) in [5, 5.41) is 0.461. The second kappa shape index (κ2) is 7.47. The first-order valence-corrected chi connectivity index (χ1v) is 8.20. The number of amides is 1. The Hall–Kier alpha value is -2.07. The second-order valence-electron chi connectivity index (χ2n) is 5.66. The molecule has 5 heteroatoms. The number of benzene rings is 1. The Balaban J connectivity index is 1.68. The zero-order chi connectivity index (χ0) is 16.1. The van der Waals surface area contributed by atoms with Crippen LogP contribution in [0.15, 0.2) is 48.7 Å². The summed E-state index contributed by atoms with van der Waals surface area (Å²) in [6.07, 6.45) is 4.49. The summed E-state index contributed by atoms with van der Waals surface area (Å²) in [6, 6.07) is 13.4. The zero-order valence-electron chi connectivity index (χ0n) is 12.8. The zero-order valence-corrected chi connectivity index (χ0v) is 13.6. The highest BCUT2D eigenvalue weighted by Gasteiger charge is 2.29. The number of hydrogen-bond donors (Lipinski definition) is 0. The topological polar surface area (TPSA) is 42.4 Å². The molecule has 2 heterocycles. The summed E-state index contributed by atoms with van der Waals surface area (Å²) in [6.45, 7) is 1.00. The van der Waals surface area contributed by atoms with Crippen LogP contribution in [-0.4, -0.2) is 22.5 Å². The number of likely N-dealkylation sites (tertiary alicyclic amines) is 1. The van der Waals surface area contributed by atoms with Gasteiger partial charge in [-0.25, -0.2) is 9.78 Å². The van der Waals surface area contributed by atoms with E-state index in [4.69, 9.17) is 16.3 Å². The quantitative estimate of drug-likeness (QED) is 0.772. The fraction of sp³-hybridized carbons (Fsp3) is 0.333. The first kappa shape index (κ1) is 15.8. The summed E-state index contributed by atoms with van der Waals surface area (Å²) in [4.78, 5) is 18.4. The Bertz CT molecular complexity index is 646. The van der Waals surface area contributed by atoms with Crippen LogP contribution < -0.4 is 0 Å². The van der Waals surface area contributed by atoms with Crippen molar-refractivity contribution in [1.82, 2.24) is 9.88 Å². The fourth-order valence-corrected chi connectivity index (χ4v) is 3.00. The molecule has 0 aliphatic carbocycles. The molecule has 1 aliphatic heterocycles. The Morgan fingerprint density at radius 3 is 2.78 bits per heavy atom. The van der Waals surface area contributed by atoms with Gasteiger partial charge in [0, 0.05) is 12.7 Å². The normalized spacial score (nSPS) is 17.8. The highest BCUT2D eigenvalue weighted by molar-refractivity contribution is 6.29. The lowest BCUT2D eigenvalue weighted by molar-refractivity contribution is 0.0678. The number of piperidine rings is 1. The van der Waals surface area contributed by atoms with E-state index in [1.54, 1.807) is 17.2 Å². The summed E-state index contributed by atoms with van der Waals surface area (Å²) >= 11 is 5.85. The molecule has 1 aromatic carbocycles. The van der Waals surface area contributed by atoms with Crippen LogP contribution >= 0.6 is 11.6 Å². The van der Waals surface area contributed by atoms with E-state index in [0.29, 0.717) is 18.3 Å². The average Bonchev–Trinajstić information content (AvgIpc) is 2.61. The van der Waals surface area contributed by atoms with E-state index in [-0.39, 0.29) is 12.1 Å². The molecule has 1 amide bonds. The lowest BCUT2D eigenvalue weighted by Gasteiger charge is -2.35. The summed E-state index contributed by atoms with van der Waals surface area (Å²) in [5.74, 6) is 0. The monoisotopic (exact) mass is 330 g/mol. The molecule has 1 unspecified atom stereocenters. The van der Waals surface area contributed by atoms with Gasteiger partial charge in [-0.15, -0.1) is 0 Å². The first-order valence-electron chi connectivity index (χ1n) is 7.83. The Morgan fingerprint density at radius 2 is 2.04 bits per heavy atom. The van der Waals surface area contributed by atoms with Crippen LogP contribution in [0.1, 0.15) is 36.4 Å².